The number of nitrogens with one attached hydrogen (secondary N) is 2. The Hall–Kier alpha value is -2.85. The number of aromatic nitrogens is 1. The number of aryl methyl sites for hydroxylation is 1. The first-order valence-electron chi connectivity index (χ1n) is 14.3. The molecule has 0 radical (unpaired) electrons. The van der Waals surface area contributed by atoms with Gasteiger partial charge in [-0.2, -0.15) is 4.31 Å². The minimum absolute atomic E-state index is 0.0286. The minimum atomic E-state index is -3.99. The number of piperidine rings is 1. The van der Waals surface area contributed by atoms with Gasteiger partial charge in [-0.3, -0.25) is 4.79 Å². The Labute approximate surface area is 251 Å². The standard InChI is InChI=1S/C29H38N4O8S2/c1-3-32-18-27(28(35)25-9-4-5-10-26(25)32)43(38,39)33-13-11-29(12-14-33)16-21(19-41-29)31-17-22(34)20-40-23-7-6-8-24(15-23)42(36,37)30-2/h4-10,15,18,21-22,30-31,34H,3,11-14,16-17,19-20H2,1-2H3/t21-,22+/m1/s1. The number of ether oxygens (including phenoxy) is 2. The summed E-state index contributed by atoms with van der Waals surface area (Å²) in [4.78, 5) is 13.1. The highest BCUT2D eigenvalue weighted by molar-refractivity contribution is 7.89. The number of benzene rings is 2. The highest BCUT2D eigenvalue weighted by Crippen LogP contribution is 2.37. The Morgan fingerprint density at radius 3 is 2.58 bits per heavy atom. The fraction of sp³-hybridized carbons (Fsp3) is 0.483. The molecule has 3 heterocycles. The summed E-state index contributed by atoms with van der Waals surface area (Å²) in [7, 11) is -6.27. The van der Waals surface area contributed by atoms with Crippen LogP contribution in [0.1, 0.15) is 26.2 Å². The van der Waals surface area contributed by atoms with Crippen LogP contribution < -0.4 is 20.2 Å². The molecule has 2 saturated heterocycles. The number of aliphatic hydroxyl groups is 1. The van der Waals surface area contributed by atoms with Gasteiger partial charge >= 0.3 is 0 Å². The van der Waals surface area contributed by atoms with Gasteiger partial charge in [-0.1, -0.05) is 18.2 Å². The Morgan fingerprint density at radius 2 is 1.86 bits per heavy atom. The van der Waals surface area contributed by atoms with E-state index in [4.69, 9.17) is 9.47 Å². The molecule has 2 atom stereocenters. The van der Waals surface area contributed by atoms with E-state index in [0.29, 0.717) is 49.1 Å². The van der Waals surface area contributed by atoms with Crippen LogP contribution >= 0.6 is 0 Å². The molecule has 0 aliphatic carbocycles. The van der Waals surface area contributed by atoms with Gasteiger partial charge in [0.25, 0.3) is 0 Å². The van der Waals surface area contributed by atoms with Crippen LogP contribution in [0.5, 0.6) is 5.75 Å². The van der Waals surface area contributed by atoms with Crippen molar-refractivity contribution >= 4 is 30.9 Å². The van der Waals surface area contributed by atoms with Crippen molar-refractivity contribution in [1.29, 1.82) is 0 Å². The van der Waals surface area contributed by atoms with Gasteiger partial charge in [-0.25, -0.2) is 21.6 Å². The second kappa shape index (κ2) is 12.6. The summed E-state index contributed by atoms with van der Waals surface area (Å²) < 4.78 is 68.4. The van der Waals surface area contributed by atoms with Gasteiger partial charge in [-0.15, -0.1) is 0 Å². The second-order valence-corrected chi connectivity index (χ2v) is 14.8. The third-order valence-corrected chi connectivity index (χ3v) is 11.5. The maximum absolute atomic E-state index is 13.6. The number of hydrogen-bond donors (Lipinski definition) is 3. The highest BCUT2D eigenvalue weighted by Gasteiger charge is 2.45. The van der Waals surface area contributed by atoms with Gasteiger partial charge in [0.2, 0.25) is 25.5 Å². The predicted octanol–water partition coefficient (Wildman–Crippen LogP) is 1.27. The Kier molecular flexibility index (Phi) is 9.28. The van der Waals surface area contributed by atoms with E-state index in [2.05, 4.69) is 10.0 Å². The van der Waals surface area contributed by atoms with Crippen LogP contribution in [0.15, 0.2) is 69.3 Å². The van der Waals surface area contributed by atoms with Crippen LogP contribution in [0.4, 0.5) is 0 Å². The molecule has 2 aliphatic rings. The average Bonchev–Trinajstić information content (AvgIpc) is 3.41. The van der Waals surface area contributed by atoms with E-state index in [-0.39, 0.29) is 42.1 Å². The number of aliphatic hydroxyl groups excluding tert-OH is 1. The lowest BCUT2D eigenvalue weighted by atomic mass is 9.88. The van der Waals surface area contributed by atoms with Gasteiger partial charge in [0.1, 0.15) is 23.4 Å². The van der Waals surface area contributed by atoms with Crippen molar-refractivity contribution in [2.24, 2.45) is 0 Å². The van der Waals surface area contributed by atoms with E-state index >= 15 is 0 Å². The molecule has 0 bridgehead atoms. The van der Waals surface area contributed by atoms with Gasteiger partial charge in [0, 0.05) is 49.9 Å². The fourth-order valence-corrected chi connectivity index (χ4v) is 8.07. The molecule has 3 N–H and O–H groups in total. The normalized spacial score (nSPS) is 20.0. The number of hydrogen-bond acceptors (Lipinski definition) is 9. The topological polar surface area (TPSA) is 156 Å². The Morgan fingerprint density at radius 1 is 1.12 bits per heavy atom. The van der Waals surface area contributed by atoms with Gasteiger partial charge < -0.3 is 24.5 Å². The molecule has 0 saturated carbocycles. The van der Waals surface area contributed by atoms with Gasteiger partial charge in [0.05, 0.1) is 22.6 Å². The van der Waals surface area contributed by atoms with Crippen molar-refractivity contribution in [2.45, 2.75) is 60.3 Å². The molecule has 2 aliphatic heterocycles. The van der Waals surface area contributed by atoms with Crippen LogP contribution in [0.2, 0.25) is 0 Å². The van der Waals surface area contributed by atoms with Crippen LogP contribution in [0, 0.1) is 0 Å². The maximum Gasteiger partial charge on any atom is 0.248 e. The molecule has 43 heavy (non-hydrogen) atoms. The fourth-order valence-electron chi connectivity index (χ4n) is 5.76. The molecule has 14 heteroatoms. The molecule has 234 valence electrons. The van der Waals surface area contributed by atoms with Gasteiger partial charge in [-0.05, 0) is 57.5 Å². The Balaban J connectivity index is 1.14. The highest BCUT2D eigenvalue weighted by atomic mass is 32.2. The lowest BCUT2D eigenvalue weighted by Gasteiger charge is -2.38. The first-order valence-corrected chi connectivity index (χ1v) is 17.2. The van der Waals surface area contributed by atoms with Crippen LogP contribution in [0.3, 0.4) is 0 Å². The molecular weight excluding hydrogens is 596 g/mol. The summed E-state index contributed by atoms with van der Waals surface area (Å²) in [6, 6.07) is 13.0. The van der Waals surface area contributed by atoms with Crippen molar-refractivity contribution in [3.05, 3.63) is 65.0 Å². The van der Waals surface area contributed by atoms with Crippen molar-refractivity contribution in [2.75, 3.05) is 39.9 Å². The molecule has 2 fully saturated rings. The summed E-state index contributed by atoms with van der Waals surface area (Å²) in [6.45, 7) is 3.56. The molecular formula is C29H38N4O8S2. The van der Waals surface area contributed by atoms with Crippen molar-refractivity contribution in [3.8, 4) is 5.75 Å². The monoisotopic (exact) mass is 634 g/mol. The van der Waals surface area contributed by atoms with Crippen molar-refractivity contribution < 1.29 is 31.4 Å². The number of para-hydroxylation sites is 1. The predicted molar refractivity (Wildman–Crippen MR) is 161 cm³/mol. The molecule has 1 aromatic heterocycles. The zero-order valence-electron chi connectivity index (χ0n) is 24.2. The molecule has 0 unspecified atom stereocenters. The molecule has 12 nitrogen and oxygen atoms in total. The molecule has 3 aromatic rings. The summed E-state index contributed by atoms with van der Waals surface area (Å²) >= 11 is 0. The number of sulfonamides is 2. The first kappa shape index (κ1) is 31.6. The smallest absolute Gasteiger partial charge is 0.248 e. The first-order chi connectivity index (χ1) is 20.5. The third-order valence-electron chi connectivity index (χ3n) is 8.23. The lowest BCUT2D eigenvalue weighted by Crippen LogP contribution is -2.47. The van der Waals surface area contributed by atoms with Crippen molar-refractivity contribution in [3.63, 3.8) is 0 Å². The molecule has 0 amide bonds. The zero-order chi connectivity index (χ0) is 30.8. The zero-order valence-corrected chi connectivity index (χ0v) is 25.9. The summed E-state index contributed by atoms with van der Waals surface area (Å²) in [5.41, 5.74) is -0.257. The average molecular weight is 635 g/mol. The minimum Gasteiger partial charge on any atom is -0.491 e. The SMILES string of the molecule is CCn1cc(S(=O)(=O)N2CCC3(CC2)C[C@@H](NC[C@H](O)COc2cccc(S(=O)(=O)NC)c2)CO3)c(=O)c2ccccc21. The summed E-state index contributed by atoms with van der Waals surface area (Å²) in [5, 5.41) is 14.1. The molecule has 5 rings (SSSR count). The quantitative estimate of drug-likeness (QED) is 0.283. The molecule has 2 aromatic carbocycles. The largest absolute Gasteiger partial charge is 0.491 e. The van der Waals surface area contributed by atoms with Crippen molar-refractivity contribution in [1.82, 2.24) is 18.9 Å². The van der Waals surface area contributed by atoms with Gasteiger partial charge in [0.15, 0.2) is 0 Å². The van der Waals surface area contributed by atoms with E-state index in [1.807, 2.05) is 19.1 Å². The summed E-state index contributed by atoms with van der Waals surface area (Å²) in [5.74, 6) is 0.331. The Bertz CT molecular complexity index is 1730. The second-order valence-electron chi connectivity index (χ2n) is 11.0. The molecule has 1 spiro atoms. The number of nitrogens with zero attached hydrogens (tertiary/aromatic N) is 2. The number of fused-ring (bicyclic) bond motifs is 1. The van der Waals surface area contributed by atoms with E-state index < -0.39 is 37.2 Å². The van der Waals surface area contributed by atoms with E-state index in [9.17, 15) is 26.7 Å². The van der Waals surface area contributed by atoms with E-state index in [1.54, 1.807) is 28.8 Å². The summed E-state index contributed by atoms with van der Waals surface area (Å²) in [6.07, 6.45) is 2.26. The van der Waals surface area contributed by atoms with Crippen LogP contribution in [0.25, 0.3) is 10.9 Å². The number of rotatable bonds is 11. The lowest BCUT2D eigenvalue weighted by molar-refractivity contribution is -0.0312. The maximum atomic E-state index is 13.6. The van der Waals surface area contributed by atoms with Crippen LogP contribution in [-0.4, -0.2) is 88.5 Å². The van der Waals surface area contributed by atoms with Crippen LogP contribution in [-0.2, 0) is 31.3 Å². The van der Waals surface area contributed by atoms with E-state index in [0.717, 1.165) is 0 Å². The van der Waals surface area contributed by atoms with E-state index in [1.165, 1.54) is 29.7 Å². The third kappa shape index (κ3) is 6.65. The number of pyridine rings is 1.